The first-order valence-electron chi connectivity index (χ1n) is 11.5. The van der Waals surface area contributed by atoms with Gasteiger partial charge in [0.15, 0.2) is 0 Å². The van der Waals surface area contributed by atoms with Crippen molar-refractivity contribution < 1.29 is 9.53 Å². The second-order valence-electron chi connectivity index (χ2n) is 8.91. The number of nitrogens with zero attached hydrogens (tertiary/aromatic N) is 4. The summed E-state index contributed by atoms with van der Waals surface area (Å²) in [6.07, 6.45) is 1.43. The summed E-state index contributed by atoms with van der Waals surface area (Å²) in [5.74, 6) is 0.278. The second kappa shape index (κ2) is 9.97. The van der Waals surface area contributed by atoms with Crippen molar-refractivity contribution in [1.29, 1.82) is 0 Å². The van der Waals surface area contributed by atoms with Crippen LogP contribution in [0.5, 0.6) is 5.88 Å². The van der Waals surface area contributed by atoms with Crippen molar-refractivity contribution in [2.75, 3.05) is 6.54 Å². The fraction of sp³-hybridized carbons (Fsp3) is 0.222. The molecule has 7 nitrogen and oxygen atoms in total. The van der Waals surface area contributed by atoms with Crippen molar-refractivity contribution in [2.45, 2.75) is 31.4 Å². The maximum atomic E-state index is 13.5. The van der Waals surface area contributed by atoms with Crippen molar-refractivity contribution in [1.82, 2.24) is 19.4 Å². The standard InChI is InChI=1S/C27H26ClN5O2S/c1-16-7-6-8-17(2)25(16)21-12-24(31-27(28)30-21)35-23-15-33(13-18-9-4-5-10-20(18)23)26(34)22-11-19(36-29)14-32(22)3/h4-12,14,23H,13,15,29H2,1-3H3. The Hall–Kier alpha value is -3.33. The normalized spacial score (nSPS) is 15.0. The minimum Gasteiger partial charge on any atom is -0.467 e. The molecule has 2 N–H and O–H groups in total. The van der Waals surface area contributed by atoms with Gasteiger partial charge in [0.2, 0.25) is 11.2 Å². The molecule has 5 rings (SSSR count). The Morgan fingerprint density at radius 3 is 2.58 bits per heavy atom. The van der Waals surface area contributed by atoms with Crippen LogP contribution in [-0.2, 0) is 13.6 Å². The van der Waals surface area contributed by atoms with E-state index < -0.39 is 6.10 Å². The second-order valence-corrected chi connectivity index (χ2v) is 9.95. The number of rotatable bonds is 5. The van der Waals surface area contributed by atoms with E-state index in [1.807, 2.05) is 81.7 Å². The fourth-order valence-corrected chi connectivity index (χ4v) is 5.31. The lowest BCUT2D eigenvalue weighted by atomic mass is 9.97. The number of amides is 1. The van der Waals surface area contributed by atoms with Gasteiger partial charge in [0.1, 0.15) is 11.8 Å². The molecular formula is C27H26ClN5O2S. The molecule has 0 saturated carbocycles. The van der Waals surface area contributed by atoms with Crippen LogP contribution in [0.2, 0.25) is 5.28 Å². The van der Waals surface area contributed by atoms with Crippen molar-refractivity contribution in [3.05, 3.63) is 94.0 Å². The number of hydrogen-bond acceptors (Lipinski definition) is 6. The van der Waals surface area contributed by atoms with Gasteiger partial charge in [-0.3, -0.25) is 9.93 Å². The molecule has 1 aliphatic rings. The van der Waals surface area contributed by atoms with Gasteiger partial charge >= 0.3 is 0 Å². The SMILES string of the molecule is Cc1cccc(C)c1-c1cc(OC2CN(C(=O)c3cc(SN)cn3C)Cc3ccccc32)nc(Cl)n1. The van der Waals surface area contributed by atoms with Gasteiger partial charge in [0.05, 0.1) is 12.2 Å². The van der Waals surface area contributed by atoms with E-state index in [2.05, 4.69) is 9.97 Å². The lowest BCUT2D eigenvalue weighted by molar-refractivity contribution is 0.0580. The van der Waals surface area contributed by atoms with Gasteiger partial charge in [-0.05, 0) is 65.7 Å². The highest BCUT2D eigenvalue weighted by atomic mass is 35.5. The first-order valence-corrected chi connectivity index (χ1v) is 12.8. The topological polar surface area (TPSA) is 86.3 Å². The zero-order valence-electron chi connectivity index (χ0n) is 20.2. The van der Waals surface area contributed by atoms with E-state index in [9.17, 15) is 4.79 Å². The van der Waals surface area contributed by atoms with Gasteiger partial charge in [-0.25, -0.2) is 4.98 Å². The van der Waals surface area contributed by atoms with E-state index in [1.165, 1.54) is 0 Å². The highest BCUT2D eigenvalue weighted by Gasteiger charge is 2.31. The van der Waals surface area contributed by atoms with Crippen LogP contribution in [0.15, 0.2) is 65.7 Å². The number of halogens is 1. The maximum Gasteiger partial charge on any atom is 0.270 e. The summed E-state index contributed by atoms with van der Waals surface area (Å²) in [5.41, 5.74) is 6.51. The quantitative estimate of drug-likeness (QED) is 0.277. The van der Waals surface area contributed by atoms with Gasteiger partial charge in [-0.1, -0.05) is 42.5 Å². The third-order valence-electron chi connectivity index (χ3n) is 6.45. The minimum absolute atomic E-state index is 0.0853. The largest absolute Gasteiger partial charge is 0.467 e. The predicted molar refractivity (Wildman–Crippen MR) is 142 cm³/mol. The number of carbonyl (C=O) groups excluding carboxylic acids is 1. The number of aromatic nitrogens is 3. The molecule has 0 saturated heterocycles. The molecule has 0 aliphatic carbocycles. The Kier molecular flexibility index (Phi) is 6.75. The molecule has 4 aromatic rings. The summed E-state index contributed by atoms with van der Waals surface area (Å²) in [5, 5.41) is 5.81. The molecule has 1 atom stereocenters. The van der Waals surface area contributed by atoms with Crippen LogP contribution in [0.1, 0.15) is 38.8 Å². The van der Waals surface area contributed by atoms with Crippen molar-refractivity contribution in [3.63, 3.8) is 0 Å². The van der Waals surface area contributed by atoms with Crippen LogP contribution in [-0.4, -0.2) is 31.9 Å². The van der Waals surface area contributed by atoms with E-state index in [0.717, 1.165) is 44.7 Å². The van der Waals surface area contributed by atoms with Crippen LogP contribution in [0.25, 0.3) is 11.3 Å². The number of ether oxygens (including phenoxy) is 1. The molecule has 0 fully saturated rings. The van der Waals surface area contributed by atoms with Crippen LogP contribution >= 0.6 is 23.5 Å². The van der Waals surface area contributed by atoms with E-state index in [0.29, 0.717) is 30.4 Å². The molecule has 3 heterocycles. The molecule has 2 aromatic heterocycles. The molecule has 2 aromatic carbocycles. The molecule has 0 bridgehead atoms. The third-order valence-corrected chi connectivity index (χ3v) is 7.11. The number of carbonyl (C=O) groups is 1. The van der Waals surface area contributed by atoms with Crippen LogP contribution in [0.3, 0.4) is 0 Å². The molecule has 1 amide bonds. The van der Waals surface area contributed by atoms with Gasteiger partial charge < -0.3 is 14.2 Å². The van der Waals surface area contributed by atoms with Crippen molar-refractivity contribution >= 4 is 29.5 Å². The van der Waals surface area contributed by atoms with Gasteiger partial charge in [-0.2, -0.15) is 4.98 Å². The van der Waals surface area contributed by atoms with Gasteiger partial charge in [0, 0.05) is 36.3 Å². The van der Waals surface area contributed by atoms with Gasteiger partial charge in [0.25, 0.3) is 5.91 Å². The minimum atomic E-state index is -0.417. The van der Waals surface area contributed by atoms with E-state index >= 15 is 0 Å². The Morgan fingerprint density at radius 1 is 1.11 bits per heavy atom. The van der Waals surface area contributed by atoms with Crippen LogP contribution in [0, 0.1) is 13.8 Å². The lowest BCUT2D eigenvalue weighted by Gasteiger charge is -2.34. The number of hydrogen-bond donors (Lipinski definition) is 1. The maximum absolute atomic E-state index is 13.5. The summed E-state index contributed by atoms with van der Waals surface area (Å²) in [4.78, 5) is 24.9. The lowest BCUT2D eigenvalue weighted by Crippen LogP contribution is -2.40. The third kappa shape index (κ3) is 4.72. The zero-order chi connectivity index (χ0) is 25.4. The first kappa shape index (κ1) is 24.4. The number of nitrogens with two attached hydrogens (primary N) is 1. The smallest absolute Gasteiger partial charge is 0.270 e. The predicted octanol–water partition coefficient (Wildman–Crippen LogP) is 5.49. The zero-order valence-corrected chi connectivity index (χ0v) is 21.8. The molecule has 9 heteroatoms. The summed E-state index contributed by atoms with van der Waals surface area (Å²) in [6.45, 7) is 4.94. The molecule has 0 radical (unpaired) electrons. The van der Waals surface area contributed by atoms with Crippen molar-refractivity contribution in [2.24, 2.45) is 12.2 Å². The van der Waals surface area contributed by atoms with E-state index in [4.69, 9.17) is 21.5 Å². The highest BCUT2D eigenvalue weighted by Crippen LogP contribution is 2.34. The molecule has 1 aliphatic heterocycles. The van der Waals surface area contributed by atoms with Crippen LogP contribution in [0.4, 0.5) is 0 Å². The molecular weight excluding hydrogens is 494 g/mol. The monoisotopic (exact) mass is 519 g/mol. The number of benzene rings is 2. The Bertz CT molecular complexity index is 1430. The Labute approximate surface area is 219 Å². The number of aryl methyl sites for hydroxylation is 3. The summed E-state index contributed by atoms with van der Waals surface area (Å²) >= 11 is 7.45. The Morgan fingerprint density at radius 2 is 1.86 bits per heavy atom. The molecule has 1 unspecified atom stereocenters. The average molecular weight is 520 g/mol. The van der Waals surface area contributed by atoms with E-state index in [-0.39, 0.29) is 11.2 Å². The molecule has 36 heavy (non-hydrogen) atoms. The summed E-state index contributed by atoms with van der Waals surface area (Å²) in [7, 11) is 1.84. The van der Waals surface area contributed by atoms with Crippen LogP contribution < -0.4 is 9.88 Å². The first-order chi connectivity index (χ1) is 17.3. The Balaban J connectivity index is 1.48. The summed E-state index contributed by atoms with van der Waals surface area (Å²) < 4.78 is 8.22. The highest BCUT2D eigenvalue weighted by molar-refractivity contribution is 7.97. The van der Waals surface area contributed by atoms with E-state index in [1.54, 1.807) is 9.47 Å². The summed E-state index contributed by atoms with van der Waals surface area (Å²) in [6, 6.07) is 17.7. The molecule has 184 valence electrons. The van der Waals surface area contributed by atoms with Crippen molar-refractivity contribution in [3.8, 4) is 17.1 Å². The fourth-order valence-electron chi connectivity index (χ4n) is 4.74. The number of fused-ring (bicyclic) bond motifs is 1. The average Bonchev–Trinajstić information content (AvgIpc) is 3.23. The van der Waals surface area contributed by atoms with Gasteiger partial charge in [-0.15, -0.1) is 0 Å². The molecule has 0 spiro atoms.